The van der Waals surface area contributed by atoms with Crippen molar-refractivity contribution in [1.82, 2.24) is 9.55 Å². The van der Waals surface area contributed by atoms with Gasteiger partial charge in [0.15, 0.2) is 5.16 Å². The Morgan fingerprint density at radius 2 is 2.04 bits per heavy atom. The van der Waals surface area contributed by atoms with Crippen LogP contribution in [0.15, 0.2) is 40.1 Å². The minimum atomic E-state index is -0.543. The monoisotopic (exact) mass is 398 g/mol. The molecular weight excluding hydrogens is 384 g/mol. The Kier molecular flexibility index (Phi) is 6.20. The number of imidazole rings is 1. The molecule has 0 aliphatic heterocycles. The van der Waals surface area contributed by atoms with Gasteiger partial charge in [-0.05, 0) is 24.3 Å². The van der Waals surface area contributed by atoms with Gasteiger partial charge in [0.05, 0.1) is 24.3 Å². The van der Waals surface area contributed by atoms with Crippen LogP contribution < -0.4 is 11.1 Å². The van der Waals surface area contributed by atoms with E-state index >= 15 is 0 Å². The molecule has 0 aliphatic rings. The summed E-state index contributed by atoms with van der Waals surface area (Å²) in [4.78, 5) is 27.2. The fourth-order valence-electron chi connectivity index (χ4n) is 1.82. The summed E-state index contributed by atoms with van der Waals surface area (Å²) in [6.07, 6.45) is 1.46. The number of nitrogens with zero attached hydrogens (tertiary/aromatic N) is 2. The molecule has 2 aromatic rings. The smallest absolute Gasteiger partial charge is 0.237 e. The Hall–Kier alpha value is -1.84. The molecule has 0 atom stereocenters. The van der Waals surface area contributed by atoms with E-state index in [1.165, 1.54) is 22.5 Å². The molecule has 0 saturated carbocycles. The molecule has 1 aromatic carbocycles. The van der Waals surface area contributed by atoms with Crippen molar-refractivity contribution in [2.45, 2.75) is 18.3 Å². The van der Waals surface area contributed by atoms with E-state index in [0.717, 1.165) is 4.47 Å². The predicted octanol–water partition coefficient (Wildman–Crippen LogP) is 1.35. The van der Waals surface area contributed by atoms with Crippen molar-refractivity contribution in [3.05, 3.63) is 40.6 Å². The van der Waals surface area contributed by atoms with Crippen molar-refractivity contribution in [3.63, 3.8) is 0 Å². The molecule has 0 saturated heterocycles. The minimum absolute atomic E-state index is 0.0907. The van der Waals surface area contributed by atoms with Gasteiger partial charge in [-0.1, -0.05) is 27.7 Å². The molecular formula is C14H15BrN4O3S. The summed E-state index contributed by atoms with van der Waals surface area (Å²) >= 11 is 4.49. The first-order valence-corrected chi connectivity index (χ1v) is 8.39. The van der Waals surface area contributed by atoms with Crippen molar-refractivity contribution in [2.75, 3.05) is 11.1 Å². The lowest BCUT2D eigenvalue weighted by molar-refractivity contribution is -0.118. The summed E-state index contributed by atoms with van der Waals surface area (Å²) in [6, 6.07) is 7.22. The maximum atomic E-state index is 12.0. The van der Waals surface area contributed by atoms with Crippen LogP contribution in [-0.4, -0.2) is 32.2 Å². The Labute approximate surface area is 145 Å². The lowest BCUT2D eigenvalue weighted by Crippen LogP contribution is -2.21. The SMILES string of the molecule is NC(=O)Cn1c(CO)cnc1SCC(=O)Nc1ccc(Br)cc1. The summed E-state index contributed by atoms with van der Waals surface area (Å²) < 4.78 is 2.43. The predicted molar refractivity (Wildman–Crippen MR) is 90.8 cm³/mol. The van der Waals surface area contributed by atoms with Crippen LogP contribution in [0.25, 0.3) is 0 Å². The van der Waals surface area contributed by atoms with E-state index in [1.807, 2.05) is 12.1 Å². The van der Waals surface area contributed by atoms with E-state index in [9.17, 15) is 14.7 Å². The zero-order valence-corrected chi connectivity index (χ0v) is 14.4. The van der Waals surface area contributed by atoms with Gasteiger partial charge in [0.2, 0.25) is 11.8 Å². The molecule has 2 rings (SSSR count). The highest BCUT2D eigenvalue weighted by Crippen LogP contribution is 2.20. The number of benzene rings is 1. The second kappa shape index (κ2) is 8.14. The minimum Gasteiger partial charge on any atom is -0.390 e. The number of amides is 2. The standard InChI is InChI=1S/C14H15BrN4O3S/c15-9-1-3-10(4-2-9)18-13(22)8-23-14-17-5-11(7-20)19(14)6-12(16)21/h1-5,20H,6-8H2,(H2,16,21)(H,18,22). The highest BCUT2D eigenvalue weighted by atomic mass is 79.9. The number of carbonyl (C=O) groups is 2. The van der Waals surface area contributed by atoms with Crippen LogP contribution in [-0.2, 0) is 22.7 Å². The molecule has 0 bridgehead atoms. The number of hydrogen-bond acceptors (Lipinski definition) is 5. The van der Waals surface area contributed by atoms with Crippen LogP contribution in [0.1, 0.15) is 5.69 Å². The molecule has 1 heterocycles. The topological polar surface area (TPSA) is 110 Å². The van der Waals surface area contributed by atoms with E-state index in [0.29, 0.717) is 16.5 Å². The molecule has 1 aromatic heterocycles. The molecule has 9 heteroatoms. The van der Waals surface area contributed by atoms with Gasteiger partial charge >= 0.3 is 0 Å². The van der Waals surface area contributed by atoms with E-state index in [4.69, 9.17) is 5.73 Å². The summed E-state index contributed by atoms with van der Waals surface area (Å²) in [5, 5.41) is 12.5. The van der Waals surface area contributed by atoms with Crippen molar-refractivity contribution in [3.8, 4) is 0 Å². The number of aliphatic hydroxyl groups is 1. The molecule has 122 valence electrons. The normalized spacial score (nSPS) is 10.5. The molecule has 2 amide bonds. The number of halogens is 1. The third-order valence-corrected chi connectivity index (χ3v) is 4.36. The van der Waals surface area contributed by atoms with Gasteiger partial charge in [0.25, 0.3) is 0 Å². The molecule has 0 spiro atoms. The number of thioether (sulfide) groups is 1. The molecule has 4 N–H and O–H groups in total. The van der Waals surface area contributed by atoms with Crippen LogP contribution in [0, 0.1) is 0 Å². The number of primary amides is 1. The third-order valence-electron chi connectivity index (χ3n) is 2.84. The number of hydrogen-bond donors (Lipinski definition) is 3. The maximum absolute atomic E-state index is 12.0. The first-order valence-electron chi connectivity index (χ1n) is 6.61. The van der Waals surface area contributed by atoms with Gasteiger partial charge in [0, 0.05) is 10.2 Å². The number of nitrogens with one attached hydrogen (secondary N) is 1. The third kappa shape index (κ3) is 5.08. The zero-order chi connectivity index (χ0) is 16.8. The maximum Gasteiger partial charge on any atom is 0.237 e. The van der Waals surface area contributed by atoms with E-state index in [1.54, 1.807) is 12.1 Å². The van der Waals surface area contributed by atoms with Gasteiger partial charge < -0.3 is 20.7 Å². The Morgan fingerprint density at radius 1 is 1.35 bits per heavy atom. The van der Waals surface area contributed by atoms with Gasteiger partial charge in [-0.25, -0.2) is 4.98 Å². The number of aliphatic hydroxyl groups excluding tert-OH is 1. The molecule has 0 fully saturated rings. The lowest BCUT2D eigenvalue weighted by Gasteiger charge is -2.08. The Bertz CT molecular complexity index is 703. The summed E-state index contributed by atoms with van der Waals surface area (Å²) in [7, 11) is 0. The molecule has 0 radical (unpaired) electrons. The van der Waals surface area contributed by atoms with Gasteiger partial charge in [0.1, 0.15) is 6.54 Å². The molecule has 0 aliphatic carbocycles. The van der Waals surface area contributed by atoms with Crippen LogP contribution >= 0.6 is 27.7 Å². The van der Waals surface area contributed by atoms with Gasteiger partial charge in [-0.3, -0.25) is 9.59 Å². The number of rotatable bonds is 7. The zero-order valence-electron chi connectivity index (χ0n) is 12.0. The largest absolute Gasteiger partial charge is 0.390 e. The van der Waals surface area contributed by atoms with Gasteiger partial charge in [-0.2, -0.15) is 0 Å². The number of carbonyl (C=O) groups excluding carboxylic acids is 2. The van der Waals surface area contributed by atoms with Crippen LogP contribution in [0.3, 0.4) is 0 Å². The Morgan fingerprint density at radius 3 is 2.65 bits per heavy atom. The average Bonchev–Trinajstić information content (AvgIpc) is 2.89. The lowest BCUT2D eigenvalue weighted by atomic mass is 10.3. The molecule has 7 nitrogen and oxygen atoms in total. The average molecular weight is 399 g/mol. The highest BCUT2D eigenvalue weighted by molar-refractivity contribution is 9.10. The summed E-state index contributed by atoms with van der Waals surface area (Å²) in [5.41, 5.74) is 6.35. The number of anilines is 1. The van der Waals surface area contributed by atoms with E-state index in [-0.39, 0.29) is 24.8 Å². The van der Waals surface area contributed by atoms with Gasteiger partial charge in [-0.15, -0.1) is 0 Å². The fraction of sp³-hybridized carbons (Fsp3) is 0.214. The number of aromatic nitrogens is 2. The van der Waals surface area contributed by atoms with Crippen molar-refractivity contribution in [1.29, 1.82) is 0 Å². The van der Waals surface area contributed by atoms with Crippen LogP contribution in [0.5, 0.6) is 0 Å². The van der Waals surface area contributed by atoms with Crippen molar-refractivity contribution in [2.24, 2.45) is 5.73 Å². The van der Waals surface area contributed by atoms with Crippen molar-refractivity contribution < 1.29 is 14.7 Å². The molecule has 23 heavy (non-hydrogen) atoms. The van der Waals surface area contributed by atoms with Crippen molar-refractivity contribution >= 4 is 45.2 Å². The second-order valence-electron chi connectivity index (χ2n) is 4.59. The summed E-state index contributed by atoms with van der Waals surface area (Å²) in [5.74, 6) is -0.619. The first kappa shape index (κ1) is 17.5. The highest BCUT2D eigenvalue weighted by Gasteiger charge is 2.13. The second-order valence-corrected chi connectivity index (χ2v) is 6.44. The Balaban J connectivity index is 1.97. The number of nitrogens with two attached hydrogens (primary N) is 1. The molecule has 0 unspecified atom stereocenters. The fourth-order valence-corrected chi connectivity index (χ4v) is 2.88. The van der Waals surface area contributed by atoms with E-state index < -0.39 is 5.91 Å². The first-order chi connectivity index (χ1) is 11.0. The summed E-state index contributed by atoms with van der Waals surface area (Å²) in [6.45, 7) is -0.349. The van der Waals surface area contributed by atoms with Crippen LogP contribution in [0.2, 0.25) is 0 Å². The van der Waals surface area contributed by atoms with Crippen LogP contribution in [0.4, 0.5) is 5.69 Å². The quantitative estimate of drug-likeness (QED) is 0.609. The van der Waals surface area contributed by atoms with E-state index in [2.05, 4.69) is 26.2 Å².